The molecular weight excluding hydrogens is 226 g/mol. The van der Waals surface area contributed by atoms with E-state index in [0.29, 0.717) is 13.2 Å². The van der Waals surface area contributed by atoms with Crippen LogP contribution in [0, 0.1) is 0 Å². The second-order valence-electron chi connectivity index (χ2n) is 4.25. The highest BCUT2D eigenvalue weighted by Crippen LogP contribution is 2.22. The lowest BCUT2D eigenvalue weighted by atomic mass is 10.0. The van der Waals surface area contributed by atoms with E-state index in [-0.39, 0.29) is 0 Å². The molecule has 1 aromatic carbocycles. The van der Waals surface area contributed by atoms with Gasteiger partial charge in [0.2, 0.25) is 0 Å². The lowest BCUT2D eigenvalue weighted by Gasteiger charge is -2.14. The summed E-state index contributed by atoms with van der Waals surface area (Å²) in [5.74, 6) is 0.910. The quantitative estimate of drug-likeness (QED) is 0.783. The molecule has 3 heteroatoms. The molecule has 0 radical (unpaired) electrons. The third-order valence-electron chi connectivity index (χ3n) is 2.99. The van der Waals surface area contributed by atoms with Crippen LogP contribution in [0.3, 0.4) is 0 Å². The Kier molecular flexibility index (Phi) is 5.24. The molecule has 0 saturated carbocycles. The molecule has 1 aromatic rings. The van der Waals surface area contributed by atoms with E-state index in [1.54, 1.807) is 0 Å². The molecule has 0 fully saturated rings. The molecule has 0 aliphatic carbocycles. The van der Waals surface area contributed by atoms with E-state index in [9.17, 15) is 0 Å². The van der Waals surface area contributed by atoms with Gasteiger partial charge >= 0.3 is 0 Å². The van der Waals surface area contributed by atoms with Gasteiger partial charge in [-0.3, -0.25) is 0 Å². The van der Waals surface area contributed by atoms with E-state index in [4.69, 9.17) is 9.47 Å². The second kappa shape index (κ2) is 7.19. The smallest absolute Gasteiger partial charge is 0.119 e. The van der Waals surface area contributed by atoms with Crippen molar-refractivity contribution in [2.75, 3.05) is 32.9 Å². The summed E-state index contributed by atoms with van der Waals surface area (Å²) in [5, 5.41) is 3.32. The molecule has 98 valence electrons. The number of nitrogens with one attached hydrogen (secondary N) is 1. The molecule has 0 atom stereocenters. The second-order valence-corrected chi connectivity index (χ2v) is 4.25. The van der Waals surface area contributed by atoms with Crippen molar-refractivity contribution in [3.8, 4) is 5.75 Å². The summed E-state index contributed by atoms with van der Waals surface area (Å²) in [6, 6.07) is 8.33. The van der Waals surface area contributed by atoms with Crippen molar-refractivity contribution in [3.63, 3.8) is 0 Å². The van der Waals surface area contributed by atoms with E-state index in [1.165, 1.54) is 11.1 Å². The molecule has 0 amide bonds. The van der Waals surface area contributed by atoms with Gasteiger partial charge in [0.05, 0.1) is 6.61 Å². The highest BCUT2D eigenvalue weighted by molar-refractivity contribution is 5.67. The van der Waals surface area contributed by atoms with Crippen LogP contribution in [0.15, 0.2) is 30.3 Å². The maximum atomic E-state index is 5.59. The molecule has 0 spiro atoms. The monoisotopic (exact) mass is 247 g/mol. The zero-order valence-corrected chi connectivity index (χ0v) is 10.9. The van der Waals surface area contributed by atoms with Gasteiger partial charge in [-0.15, -0.1) is 0 Å². The molecule has 1 aliphatic heterocycles. The summed E-state index contributed by atoms with van der Waals surface area (Å²) in [7, 11) is 0. The fraction of sp³-hybridized carbons (Fsp3) is 0.467. The van der Waals surface area contributed by atoms with Gasteiger partial charge < -0.3 is 14.8 Å². The molecular formula is C15H21NO2. The predicted molar refractivity (Wildman–Crippen MR) is 73.9 cm³/mol. The molecule has 0 bridgehead atoms. The average Bonchev–Trinajstić information content (AvgIpc) is 2.45. The fourth-order valence-electron chi connectivity index (χ4n) is 2.01. The van der Waals surface area contributed by atoms with Crippen LogP contribution in [-0.2, 0) is 4.74 Å². The minimum Gasteiger partial charge on any atom is -0.491 e. The Balaban J connectivity index is 1.87. The maximum Gasteiger partial charge on any atom is 0.119 e. The normalized spacial score (nSPS) is 15.3. The number of rotatable bonds is 6. The van der Waals surface area contributed by atoms with Crippen molar-refractivity contribution >= 4 is 5.57 Å². The molecule has 2 rings (SSSR count). The Bertz CT molecular complexity index is 384. The van der Waals surface area contributed by atoms with Crippen molar-refractivity contribution in [1.82, 2.24) is 5.32 Å². The van der Waals surface area contributed by atoms with Crippen LogP contribution in [0.1, 0.15) is 18.9 Å². The Morgan fingerprint density at radius 1 is 1.17 bits per heavy atom. The summed E-state index contributed by atoms with van der Waals surface area (Å²) in [4.78, 5) is 0. The number of ether oxygens (including phenoxy) is 2. The van der Waals surface area contributed by atoms with Crippen molar-refractivity contribution in [3.05, 3.63) is 35.9 Å². The molecule has 18 heavy (non-hydrogen) atoms. The Morgan fingerprint density at radius 3 is 2.67 bits per heavy atom. The highest BCUT2D eigenvalue weighted by Gasteiger charge is 2.05. The molecule has 0 aromatic heterocycles. The predicted octanol–water partition coefficient (Wildman–Crippen LogP) is 2.48. The van der Waals surface area contributed by atoms with Crippen LogP contribution in [0.4, 0.5) is 0 Å². The van der Waals surface area contributed by atoms with Crippen molar-refractivity contribution < 1.29 is 9.47 Å². The first kappa shape index (κ1) is 13.1. The minimum atomic E-state index is 0.611. The van der Waals surface area contributed by atoms with Crippen LogP contribution in [-0.4, -0.2) is 32.9 Å². The Morgan fingerprint density at radius 2 is 2.00 bits per heavy atom. The highest BCUT2D eigenvalue weighted by atomic mass is 16.5. The van der Waals surface area contributed by atoms with Crippen molar-refractivity contribution in [2.24, 2.45) is 0 Å². The first-order valence-corrected chi connectivity index (χ1v) is 6.61. The number of benzene rings is 1. The molecule has 1 aliphatic rings. The van der Waals surface area contributed by atoms with Gasteiger partial charge in [0.25, 0.3) is 0 Å². The summed E-state index contributed by atoms with van der Waals surface area (Å²) in [5.41, 5.74) is 2.73. The number of hydrogen-bond donors (Lipinski definition) is 1. The lowest BCUT2D eigenvalue weighted by molar-refractivity contribution is 0.110. The first-order valence-electron chi connectivity index (χ1n) is 6.61. The topological polar surface area (TPSA) is 30.5 Å². The molecule has 1 heterocycles. The van der Waals surface area contributed by atoms with Crippen molar-refractivity contribution in [1.29, 1.82) is 0 Å². The van der Waals surface area contributed by atoms with Gasteiger partial charge in [-0.1, -0.05) is 18.2 Å². The zero-order chi connectivity index (χ0) is 12.6. The SMILES string of the molecule is CCOCCOc1ccc(C2=CCNCC2)cc1. The van der Waals surface area contributed by atoms with E-state index in [2.05, 4.69) is 23.5 Å². The van der Waals surface area contributed by atoms with E-state index >= 15 is 0 Å². The van der Waals surface area contributed by atoms with Gasteiger partial charge in [-0.25, -0.2) is 0 Å². The van der Waals surface area contributed by atoms with Crippen molar-refractivity contribution in [2.45, 2.75) is 13.3 Å². The van der Waals surface area contributed by atoms with Crippen LogP contribution in [0.5, 0.6) is 5.75 Å². The Labute approximate surface area is 109 Å². The average molecular weight is 247 g/mol. The zero-order valence-electron chi connectivity index (χ0n) is 10.9. The fourth-order valence-corrected chi connectivity index (χ4v) is 2.01. The van der Waals surface area contributed by atoms with Gasteiger partial charge in [0, 0.05) is 13.2 Å². The summed E-state index contributed by atoms with van der Waals surface area (Å²) >= 11 is 0. The standard InChI is InChI=1S/C15H21NO2/c1-2-17-11-12-18-15-5-3-13(4-6-15)14-7-9-16-10-8-14/h3-7,16H,2,8-12H2,1H3. The minimum absolute atomic E-state index is 0.611. The van der Waals surface area contributed by atoms with Crippen LogP contribution >= 0.6 is 0 Å². The third-order valence-corrected chi connectivity index (χ3v) is 2.99. The molecule has 1 N–H and O–H groups in total. The lowest BCUT2D eigenvalue weighted by Crippen LogP contribution is -2.19. The summed E-state index contributed by atoms with van der Waals surface area (Å²) in [6.07, 6.45) is 3.36. The van der Waals surface area contributed by atoms with Crippen LogP contribution < -0.4 is 10.1 Å². The molecule has 3 nitrogen and oxygen atoms in total. The summed E-state index contributed by atoms with van der Waals surface area (Å²) in [6.45, 7) is 6.03. The van der Waals surface area contributed by atoms with Gasteiger partial charge in [0.1, 0.15) is 12.4 Å². The molecule has 0 unspecified atom stereocenters. The number of hydrogen-bond acceptors (Lipinski definition) is 3. The van der Waals surface area contributed by atoms with Crippen LogP contribution in [0.25, 0.3) is 5.57 Å². The first-order chi connectivity index (χ1) is 8.90. The molecule has 0 saturated heterocycles. The van der Waals surface area contributed by atoms with Gasteiger partial charge in [0.15, 0.2) is 0 Å². The van der Waals surface area contributed by atoms with E-state index in [1.807, 2.05) is 19.1 Å². The largest absolute Gasteiger partial charge is 0.491 e. The van der Waals surface area contributed by atoms with Crippen LogP contribution in [0.2, 0.25) is 0 Å². The van der Waals surface area contributed by atoms with E-state index in [0.717, 1.165) is 31.9 Å². The van der Waals surface area contributed by atoms with Gasteiger partial charge in [-0.2, -0.15) is 0 Å². The van der Waals surface area contributed by atoms with E-state index < -0.39 is 0 Å². The third kappa shape index (κ3) is 3.86. The Hall–Kier alpha value is -1.32. The summed E-state index contributed by atoms with van der Waals surface area (Å²) < 4.78 is 10.8. The maximum absolute atomic E-state index is 5.59. The van der Waals surface area contributed by atoms with Gasteiger partial charge in [-0.05, 0) is 43.2 Å².